The first-order valence-electron chi connectivity index (χ1n) is 10.4. The van der Waals surface area contributed by atoms with Crippen LogP contribution in [0.15, 0.2) is 33.7 Å². The number of nitrogens with one attached hydrogen (secondary N) is 2. The first kappa shape index (κ1) is 20.7. The second-order valence-electron chi connectivity index (χ2n) is 7.45. The molecule has 0 aliphatic carbocycles. The Morgan fingerprint density at radius 1 is 1.29 bits per heavy atom. The molecule has 1 aromatic heterocycles. The van der Waals surface area contributed by atoms with Crippen molar-refractivity contribution in [2.45, 2.75) is 45.7 Å². The van der Waals surface area contributed by atoms with Gasteiger partial charge in [-0.2, -0.15) is 0 Å². The lowest BCUT2D eigenvalue weighted by atomic mass is 10.1. The van der Waals surface area contributed by atoms with E-state index in [1.54, 1.807) is 7.11 Å². The van der Waals surface area contributed by atoms with Gasteiger partial charge < -0.3 is 24.7 Å². The molecule has 2 heterocycles. The number of likely N-dealkylation sites (tertiary alicyclic amines) is 1. The molecule has 3 rings (SSSR count). The molecule has 1 aliphatic rings. The summed E-state index contributed by atoms with van der Waals surface area (Å²) in [5.74, 6) is 1.81. The molecule has 0 radical (unpaired) electrons. The second-order valence-corrected chi connectivity index (χ2v) is 7.45. The average Bonchev–Trinajstić information content (AvgIpc) is 3.04. The molecule has 0 bridgehead atoms. The van der Waals surface area contributed by atoms with Crippen LogP contribution in [0.4, 0.5) is 0 Å². The molecule has 6 nitrogen and oxygen atoms in total. The molecule has 0 saturated carbocycles. The van der Waals surface area contributed by atoms with Crippen molar-refractivity contribution in [3.8, 4) is 0 Å². The summed E-state index contributed by atoms with van der Waals surface area (Å²) >= 11 is 0. The summed E-state index contributed by atoms with van der Waals surface area (Å²) in [5, 5.41) is 8.16. The highest BCUT2D eigenvalue weighted by Gasteiger charge is 2.19. The Morgan fingerprint density at radius 3 is 2.79 bits per heavy atom. The predicted molar refractivity (Wildman–Crippen MR) is 115 cm³/mol. The summed E-state index contributed by atoms with van der Waals surface area (Å²) in [6.45, 7) is 9.83. The van der Waals surface area contributed by atoms with E-state index in [4.69, 9.17) is 14.1 Å². The number of benzene rings is 1. The molecule has 0 unspecified atom stereocenters. The van der Waals surface area contributed by atoms with E-state index in [9.17, 15) is 0 Å². The van der Waals surface area contributed by atoms with Gasteiger partial charge in [0.25, 0.3) is 0 Å². The minimum atomic E-state index is 0.466. The van der Waals surface area contributed by atoms with Crippen molar-refractivity contribution >= 4 is 16.9 Å². The lowest BCUT2D eigenvalue weighted by molar-refractivity contribution is 0.155. The number of guanidine groups is 1. The van der Waals surface area contributed by atoms with Gasteiger partial charge >= 0.3 is 0 Å². The minimum Gasteiger partial charge on any atom is -0.459 e. The van der Waals surface area contributed by atoms with Crippen LogP contribution in [0.1, 0.15) is 37.5 Å². The second kappa shape index (κ2) is 10.5. The zero-order valence-electron chi connectivity index (χ0n) is 17.5. The van der Waals surface area contributed by atoms with Crippen molar-refractivity contribution in [3.63, 3.8) is 0 Å². The topological polar surface area (TPSA) is 62.0 Å². The molecule has 6 heteroatoms. The van der Waals surface area contributed by atoms with Gasteiger partial charge in [0.05, 0.1) is 0 Å². The molecule has 1 aliphatic heterocycles. The molecule has 28 heavy (non-hydrogen) atoms. The van der Waals surface area contributed by atoms with Crippen molar-refractivity contribution in [2.75, 3.05) is 39.9 Å². The molecule has 0 atom stereocenters. The van der Waals surface area contributed by atoms with Gasteiger partial charge in [-0.25, -0.2) is 4.99 Å². The van der Waals surface area contributed by atoms with Crippen molar-refractivity contribution in [1.29, 1.82) is 0 Å². The molecule has 1 aromatic carbocycles. The summed E-state index contributed by atoms with van der Waals surface area (Å²) < 4.78 is 11.2. The lowest BCUT2D eigenvalue weighted by Crippen LogP contribution is -2.48. The van der Waals surface area contributed by atoms with Gasteiger partial charge in [0.15, 0.2) is 5.96 Å². The summed E-state index contributed by atoms with van der Waals surface area (Å²) in [7, 11) is 1.77. The first-order valence-corrected chi connectivity index (χ1v) is 10.4. The molecule has 2 N–H and O–H groups in total. The number of aryl methyl sites for hydroxylation is 1. The maximum absolute atomic E-state index is 6.00. The van der Waals surface area contributed by atoms with Crippen LogP contribution in [0.25, 0.3) is 11.0 Å². The fourth-order valence-corrected chi connectivity index (χ4v) is 3.77. The van der Waals surface area contributed by atoms with Crippen LogP contribution in [-0.4, -0.2) is 56.8 Å². The van der Waals surface area contributed by atoms with Crippen LogP contribution >= 0.6 is 0 Å². The Bertz CT molecular complexity index is 763. The van der Waals surface area contributed by atoms with Crippen LogP contribution in [0.5, 0.6) is 0 Å². The number of nitrogens with zero attached hydrogens (tertiary/aromatic N) is 2. The van der Waals surface area contributed by atoms with Crippen LogP contribution < -0.4 is 10.6 Å². The standard InChI is InChI=1S/C22H34N4O2/c1-4-23-22(25-18-10-13-26(14-11-18)12-7-15-27-3)24-16-21-17(2)19-8-5-6-9-20(19)28-21/h5-6,8-9,18H,4,7,10-16H2,1-3H3,(H2,23,24,25). The number of methoxy groups -OCH3 is 1. The van der Waals surface area contributed by atoms with Crippen molar-refractivity contribution < 1.29 is 9.15 Å². The number of aliphatic imine (C=N–C) groups is 1. The highest BCUT2D eigenvalue weighted by Crippen LogP contribution is 2.25. The normalized spacial score (nSPS) is 16.6. The van der Waals surface area contributed by atoms with E-state index in [0.717, 1.165) is 69.4 Å². The SMILES string of the molecule is CCNC(=NCc1oc2ccccc2c1C)NC1CCN(CCCOC)CC1. The van der Waals surface area contributed by atoms with Gasteiger partial charge in [-0.1, -0.05) is 18.2 Å². The number of ether oxygens (including phenoxy) is 1. The lowest BCUT2D eigenvalue weighted by Gasteiger charge is -2.33. The van der Waals surface area contributed by atoms with E-state index < -0.39 is 0 Å². The zero-order valence-corrected chi connectivity index (χ0v) is 17.5. The average molecular weight is 387 g/mol. The summed E-state index contributed by atoms with van der Waals surface area (Å²) in [6.07, 6.45) is 3.39. The van der Waals surface area contributed by atoms with Gasteiger partial charge in [0.2, 0.25) is 0 Å². The number of hydrogen-bond donors (Lipinski definition) is 2. The van der Waals surface area contributed by atoms with E-state index in [-0.39, 0.29) is 0 Å². The molecular formula is C22H34N4O2. The molecule has 1 saturated heterocycles. The van der Waals surface area contributed by atoms with Crippen LogP contribution in [0.3, 0.4) is 0 Å². The number of hydrogen-bond acceptors (Lipinski definition) is 4. The van der Waals surface area contributed by atoms with Crippen LogP contribution in [-0.2, 0) is 11.3 Å². The monoisotopic (exact) mass is 386 g/mol. The fraction of sp³-hybridized carbons (Fsp3) is 0.591. The van der Waals surface area contributed by atoms with Gasteiger partial charge in [-0.15, -0.1) is 0 Å². The molecule has 0 spiro atoms. The Balaban J connectivity index is 1.55. The quantitative estimate of drug-likeness (QED) is 0.414. The number of fused-ring (bicyclic) bond motifs is 1. The van der Waals surface area contributed by atoms with Gasteiger partial charge in [0, 0.05) is 56.9 Å². The van der Waals surface area contributed by atoms with E-state index in [1.807, 2.05) is 18.2 Å². The zero-order chi connectivity index (χ0) is 19.8. The van der Waals surface area contributed by atoms with Crippen molar-refractivity contribution in [1.82, 2.24) is 15.5 Å². The van der Waals surface area contributed by atoms with E-state index in [1.165, 1.54) is 10.9 Å². The summed E-state index contributed by atoms with van der Waals surface area (Å²) in [4.78, 5) is 7.31. The molecule has 154 valence electrons. The molecule has 2 aromatic rings. The number of piperidine rings is 1. The summed E-state index contributed by atoms with van der Waals surface area (Å²) in [5.41, 5.74) is 2.11. The smallest absolute Gasteiger partial charge is 0.191 e. The molecule has 0 amide bonds. The number of rotatable bonds is 8. The van der Waals surface area contributed by atoms with Crippen molar-refractivity contribution in [3.05, 3.63) is 35.6 Å². The van der Waals surface area contributed by atoms with Crippen molar-refractivity contribution in [2.24, 2.45) is 4.99 Å². The minimum absolute atomic E-state index is 0.466. The van der Waals surface area contributed by atoms with Crippen LogP contribution in [0.2, 0.25) is 0 Å². The summed E-state index contributed by atoms with van der Waals surface area (Å²) in [6, 6.07) is 8.63. The maximum Gasteiger partial charge on any atom is 0.191 e. The van der Waals surface area contributed by atoms with E-state index in [2.05, 4.69) is 35.4 Å². The third-order valence-corrected chi connectivity index (χ3v) is 5.42. The van der Waals surface area contributed by atoms with E-state index in [0.29, 0.717) is 12.6 Å². The first-order chi connectivity index (χ1) is 13.7. The highest BCUT2D eigenvalue weighted by molar-refractivity contribution is 5.82. The van der Waals surface area contributed by atoms with E-state index >= 15 is 0 Å². The van der Waals surface area contributed by atoms with Gasteiger partial charge in [-0.3, -0.25) is 0 Å². The van der Waals surface area contributed by atoms with Gasteiger partial charge in [-0.05, 0) is 39.2 Å². The Hall–Kier alpha value is -2.05. The largest absolute Gasteiger partial charge is 0.459 e. The maximum atomic E-state index is 6.00. The molecular weight excluding hydrogens is 352 g/mol. The fourth-order valence-electron chi connectivity index (χ4n) is 3.77. The predicted octanol–water partition coefficient (Wildman–Crippen LogP) is 3.30. The Morgan fingerprint density at radius 2 is 2.07 bits per heavy atom. The third-order valence-electron chi connectivity index (χ3n) is 5.42. The van der Waals surface area contributed by atoms with Gasteiger partial charge in [0.1, 0.15) is 17.9 Å². The number of furan rings is 1. The number of para-hydroxylation sites is 1. The van der Waals surface area contributed by atoms with Crippen LogP contribution in [0, 0.1) is 6.92 Å². The highest BCUT2D eigenvalue weighted by atomic mass is 16.5. The third kappa shape index (κ3) is 5.49. The Kier molecular flexibility index (Phi) is 7.74. The molecule has 1 fully saturated rings. The Labute approximate surface area is 168 Å².